The van der Waals surface area contributed by atoms with Gasteiger partial charge < -0.3 is 19.7 Å². The van der Waals surface area contributed by atoms with Crippen LogP contribution in [0, 0.1) is 5.92 Å². The van der Waals surface area contributed by atoms with Crippen LogP contribution in [0.15, 0.2) is 36.5 Å². The van der Waals surface area contributed by atoms with Crippen molar-refractivity contribution in [3.63, 3.8) is 0 Å². The van der Waals surface area contributed by atoms with Crippen molar-refractivity contribution >= 4 is 22.8 Å². The van der Waals surface area contributed by atoms with Crippen molar-refractivity contribution in [1.29, 1.82) is 0 Å². The Hall–Kier alpha value is -2.44. The van der Waals surface area contributed by atoms with Crippen molar-refractivity contribution in [2.45, 2.75) is 64.5 Å². The first-order valence-corrected chi connectivity index (χ1v) is 12.1. The zero-order chi connectivity index (χ0) is 23.4. The van der Waals surface area contributed by atoms with Crippen LogP contribution in [0.2, 0.25) is 0 Å². The van der Waals surface area contributed by atoms with Crippen molar-refractivity contribution in [3.8, 4) is 0 Å². The number of benzene rings is 1. The second-order valence-corrected chi connectivity index (χ2v) is 9.86. The molecule has 0 radical (unpaired) electrons. The Bertz CT molecular complexity index is 948. The molecule has 1 N–H and O–H groups in total. The third kappa shape index (κ3) is 5.39. The van der Waals surface area contributed by atoms with Gasteiger partial charge in [-0.2, -0.15) is 0 Å². The van der Waals surface area contributed by atoms with Gasteiger partial charge in [0.25, 0.3) is 0 Å². The van der Waals surface area contributed by atoms with Gasteiger partial charge in [-0.1, -0.05) is 19.9 Å². The maximum absolute atomic E-state index is 12.4. The minimum Gasteiger partial charge on any atom is -0.381 e. The Balaban J connectivity index is 1.72. The van der Waals surface area contributed by atoms with Gasteiger partial charge in [-0.05, 0) is 68.4 Å². The van der Waals surface area contributed by atoms with E-state index in [1.165, 1.54) is 5.69 Å². The average molecular weight is 452 g/mol. The lowest BCUT2D eigenvalue weighted by Crippen LogP contribution is -2.42. The van der Waals surface area contributed by atoms with Crippen LogP contribution in [0.4, 0.5) is 17.1 Å². The monoisotopic (exact) mass is 451 g/mol. The number of nitrogens with zero attached hydrogens (tertiary/aromatic N) is 2. The zero-order valence-electron chi connectivity index (χ0n) is 20.4. The summed E-state index contributed by atoms with van der Waals surface area (Å²) >= 11 is 0. The number of ether oxygens (including phenoxy) is 2. The molecule has 2 heterocycles. The van der Waals surface area contributed by atoms with Crippen molar-refractivity contribution < 1.29 is 14.3 Å². The van der Waals surface area contributed by atoms with E-state index in [9.17, 15) is 4.79 Å². The molecule has 0 bridgehead atoms. The first-order valence-electron chi connectivity index (χ1n) is 12.1. The van der Waals surface area contributed by atoms with E-state index in [2.05, 4.69) is 47.2 Å². The highest BCUT2D eigenvalue weighted by Gasteiger charge is 2.49. The number of carbonyl (C=O) groups is 1. The maximum Gasteiger partial charge on any atom is 0.140 e. The average Bonchev–Trinajstić information content (AvgIpc) is 3.62. The van der Waals surface area contributed by atoms with E-state index in [4.69, 9.17) is 9.47 Å². The Kier molecular flexibility index (Phi) is 7.35. The highest BCUT2D eigenvalue weighted by Crippen LogP contribution is 2.50. The molecule has 0 spiro atoms. The fraction of sp³-hybridized carbons (Fsp3) is 0.556. The molecule has 4 rings (SSSR count). The summed E-state index contributed by atoms with van der Waals surface area (Å²) in [5, 5.41) is 3.63. The molecule has 1 aliphatic heterocycles. The third-order valence-electron chi connectivity index (χ3n) is 6.87. The van der Waals surface area contributed by atoms with Gasteiger partial charge in [-0.25, -0.2) is 0 Å². The molecular formula is C27H37N3O3. The van der Waals surface area contributed by atoms with Gasteiger partial charge in [-0.15, -0.1) is 0 Å². The van der Waals surface area contributed by atoms with Crippen LogP contribution in [-0.4, -0.2) is 43.7 Å². The van der Waals surface area contributed by atoms with E-state index in [1.807, 2.05) is 18.3 Å². The van der Waals surface area contributed by atoms with Gasteiger partial charge in [0.2, 0.25) is 0 Å². The van der Waals surface area contributed by atoms with Crippen LogP contribution in [0.1, 0.15) is 57.7 Å². The molecule has 6 heteroatoms. The molecule has 1 saturated carbocycles. The molecule has 1 aromatic carbocycles. The van der Waals surface area contributed by atoms with E-state index < -0.39 is 0 Å². The number of rotatable bonds is 10. The summed E-state index contributed by atoms with van der Waals surface area (Å²) in [6.45, 7) is 9.33. The number of methoxy groups -OCH3 is 1. The molecule has 1 saturated heterocycles. The molecule has 1 aliphatic carbocycles. The van der Waals surface area contributed by atoms with Crippen LogP contribution < -0.4 is 10.2 Å². The van der Waals surface area contributed by atoms with Crippen molar-refractivity contribution in [1.82, 2.24) is 4.98 Å². The minimum absolute atomic E-state index is 0.259. The van der Waals surface area contributed by atoms with Crippen LogP contribution in [-0.2, 0) is 26.3 Å². The fourth-order valence-electron chi connectivity index (χ4n) is 4.87. The van der Waals surface area contributed by atoms with Gasteiger partial charge >= 0.3 is 0 Å². The molecule has 6 nitrogen and oxygen atoms in total. The summed E-state index contributed by atoms with van der Waals surface area (Å²) in [5.41, 5.74) is 4.85. The van der Waals surface area contributed by atoms with Crippen LogP contribution in [0.5, 0.6) is 0 Å². The standard InChI is InChI=1S/C27H37N3O3/c1-19(2)17-30(24-9-13-33-14-10-24)26-8-5-21(27(11-12-27)20(3)31)15-25(26)29-22-6-7-23(18-32-4)28-16-22/h5-8,15-16,19,24,29H,9-14,17-18H2,1-4H3. The maximum atomic E-state index is 12.4. The summed E-state index contributed by atoms with van der Waals surface area (Å²) in [7, 11) is 1.67. The van der Waals surface area contributed by atoms with E-state index in [0.29, 0.717) is 18.6 Å². The minimum atomic E-state index is -0.308. The highest BCUT2D eigenvalue weighted by atomic mass is 16.5. The molecule has 0 atom stereocenters. The Morgan fingerprint density at radius 2 is 2.00 bits per heavy atom. The summed E-state index contributed by atoms with van der Waals surface area (Å²) in [6, 6.07) is 11.0. The molecular weight excluding hydrogens is 414 g/mol. The van der Waals surface area contributed by atoms with Crippen molar-refractivity contribution in [3.05, 3.63) is 47.8 Å². The van der Waals surface area contributed by atoms with E-state index >= 15 is 0 Å². The number of anilines is 3. The molecule has 33 heavy (non-hydrogen) atoms. The van der Waals surface area contributed by atoms with E-state index in [0.717, 1.165) is 68.1 Å². The second kappa shape index (κ2) is 10.2. The lowest BCUT2D eigenvalue weighted by Gasteiger charge is -2.38. The number of hydrogen-bond acceptors (Lipinski definition) is 6. The number of pyridine rings is 1. The number of hydrogen-bond donors (Lipinski definition) is 1. The molecule has 1 aromatic heterocycles. The number of carbonyl (C=O) groups excluding carboxylic acids is 1. The normalized spacial score (nSPS) is 17.7. The lowest BCUT2D eigenvalue weighted by atomic mass is 9.91. The smallest absolute Gasteiger partial charge is 0.140 e. The molecule has 0 amide bonds. The first kappa shape index (κ1) is 23.7. The third-order valence-corrected chi connectivity index (χ3v) is 6.87. The lowest BCUT2D eigenvalue weighted by molar-refractivity contribution is -0.119. The highest BCUT2D eigenvalue weighted by molar-refractivity contribution is 5.92. The van der Waals surface area contributed by atoms with Gasteiger partial charge in [0, 0.05) is 32.9 Å². The summed E-state index contributed by atoms with van der Waals surface area (Å²) in [6.07, 6.45) is 5.77. The number of nitrogens with one attached hydrogen (secondary N) is 1. The number of ketones is 1. The summed E-state index contributed by atoms with van der Waals surface area (Å²) in [5.74, 6) is 0.789. The predicted molar refractivity (Wildman–Crippen MR) is 132 cm³/mol. The summed E-state index contributed by atoms with van der Waals surface area (Å²) in [4.78, 5) is 19.5. The van der Waals surface area contributed by atoms with Crippen LogP contribution in [0.3, 0.4) is 0 Å². The summed E-state index contributed by atoms with van der Waals surface area (Å²) < 4.78 is 10.8. The van der Waals surface area contributed by atoms with E-state index in [1.54, 1.807) is 14.0 Å². The Labute approximate surface area is 197 Å². The van der Waals surface area contributed by atoms with Gasteiger partial charge in [0.05, 0.1) is 41.0 Å². The van der Waals surface area contributed by atoms with Crippen molar-refractivity contribution in [2.75, 3.05) is 37.1 Å². The topological polar surface area (TPSA) is 63.7 Å². The number of Topliss-reactive ketones (excluding diaryl/α,β-unsaturated/α-hetero) is 1. The van der Waals surface area contributed by atoms with Crippen LogP contribution in [0.25, 0.3) is 0 Å². The predicted octanol–water partition coefficient (Wildman–Crippen LogP) is 5.23. The first-order chi connectivity index (χ1) is 15.9. The zero-order valence-corrected chi connectivity index (χ0v) is 20.4. The van der Waals surface area contributed by atoms with Gasteiger partial charge in [-0.3, -0.25) is 9.78 Å². The van der Waals surface area contributed by atoms with Gasteiger partial charge in [0.1, 0.15) is 5.78 Å². The SMILES string of the molecule is COCc1ccc(Nc2cc(C3(C(C)=O)CC3)ccc2N(CC(C)C)C2CCOCC2)cn1. The Morgan fingerprint density at radius 1 is 1.24 bits per heavy atom. The quantitative estimate of drug-likeness (QED) is 0.533. The molecule has 178 valence electrons. The van der Waals surface area contributed by atoms with E-state index in [-0.39, 0.29) is 11.2 Å². The molecule has 2 aliphatic rings. The van der Waals surface area contributed by atoms with Gasteiger partial charge in [0.15, 0.2) is 0 Å². The van der Waals surface area contributed by atoms with Crippen molar-refractivity contribution in [2.24, 2.45) is 5.92 Å². The molecule has 0 unspecified atom stereocenters. The largest absolute Gasteiger partial charge is 0.381 e. The number of aromatic nitrogens is 1. The fourth-order valence-corrected chi connectivity index (χ4v) is 4.87. The second-order valence-electron chi connectivity index (χ2n) is 9.86. The molecule has 2 fully saturated rings. The Morgan fingerprint density at radius 3 is 2.58 bits per heavy atom. The molecule has 2 aromatic rings. The van der Waals surface area contributed by atoms with Crippen LogP contribution >= 0.6 is 0 Å².